The maximum Gasteiger partial charge on any atom is 0.254 e. The SMILES string of the molecule is C=C/C(Cl)=C(\C(=C)Cl)C(=O)NCc1ccc2c(c1)CCO2. The highest BCUT2D eigenvalue weighted by Crippen LogP contribution is 2.26. The number of fused-ring (bicyclic) bond motifs is 1. The van der Waals surface area contributed by atoms with Crippen molar-refractivity contribution in [2.75, 3.05) is 6.61 Å². The van der Waals surface area contributed by atoms with E-state index in [1.54, 1.807) is 0 Å². The van der Waals surface area contributed by atoms with E-state index in [0.717, 1.165) is 23.3 Å². The van der Waals surface area contributed by atoms with Gasteiger partial charge in [0.25, 0.3) is 5.91 Å². The number of ether oxygens (including phenoxy) is 1. The van der Waals surface area contributed by atoms with Crippen LogP contribution in [0.25, 0.3) is 0 Å². The molecule has 1 amide bonds. The molecule has 0 fully saturated rings. The number of nitrogens with one attached hydrogen (secondary N) is 1. The first-order valence-corrected chi connectivity index (χ1v) is 7.18. The maximum atomic E-state index is 12.1. The van der Waals surface area contributed by atoms with Crippen LogP contribution in [0.3, 0.4) is 0 Å². The summed E-state index contributed by atoms with van der Waals surface area (Å²) in [5.74, 6) is 0.533. The Morgan fingerprint density at radius 1 is 1.43 bits per heavy atom. The van der Waals surface area contributed by atoms with Crippen LogP contribution in [0.15, 0.2) is 53.1 Å². The quantitative estimate of drug-likeness (QED) is 0.663. The fraction of sp³-hybridized carbons (Fsp3) is 0.188. The smallest absolute Gasteiger partial charge is 0.254 e. The van der Waals surface area contributed by atoms with Crippen LogP contribution in [0.4, 0.5) is 0 Å². The van der Waals surface area contributed by atoms with Gasteiger partial charge in [-0.1, -0.05) is 48.5 Å². The van der Waals surface area contributed by atoms with Crippen LogP contribution in [0.5, 0.6) is 5.75 Å². The predicted octanol–water partition coefficient (Wildman–Crippen LogP) is 3.67. The van der Waals surface area contributed by atoms with Gasteiger partial charge in [-0.25, -0.2) is 0 Å². The summed E-state index contributed by atoms with van der Waals surface area (Å²) in [6.07, 6.45) is 2.25. The third-order valence-corrected chi connectivity index (χ3v) is 3.66. The van der Waals surface area contributed by atoms with Crippen molar-refractivity contribution in [2.24, 2.45) is 0 Å². The Hall–Kier alpha value is -1.71. The van der Waals surface area contributed by atoms with Crippen molar-refractivity contribution in [3.63, 3.8) is 0 Å². The molecule has 0 atom stereocenters. The van der Waals surface area contributed by atoms with E-state index in [9.17, 15) is 4.79 Å². The lowest BCUT2D eigenvalue weighted by molar-refractivity contribution is -0.117. The third-order valence-electron chi connectivity index (χ3n) is 3.12. The molecule has 2 rings (SSSR count). The van der Waals surface area contributed by atoms with E-state index in [4.69, 9.17) is 27.9 Å². The molecule has 1 aliphatic rings. The van der Waals surface area contributed by atoms with E-state index in [2.05, 4.69) is 18.5 Å². The fourth-order valence-corrected chi connectivity index (χ4v) is 2.52. The van der Waals surface area contributed by atoms with Gasteiger partial charge in [-0.3, -0.25) is 4.79 Å². The molecule has 0 aromatic heterocycles. The topological polar surface area (TPSA) is 38.3 Å². The number of amides is 1. The minimum atomic E-state index is -0.378. The van der Waals surface area contributed by atoms with Gasteiger partial charge in [0.05, 0.1) is 17.2 Å². The Bertz CT molecular complexity index is 635. The summed E-state index contributed by atoms with van der Waals surface area (Å²) in [5, 5.41) is 3.03. The Morgan fingerprint density at radius 3 is 2.86 bits per heavy atom. The highest BCUT2D eigenvalue weighted by Gasteiger charge is 2.16. The number of hydrogen-bond donors (Lipinski definition) is 1. The summed E-state index contributed by atoms with van der Waals surface area (Å²) >= 11 is 11.7. The molecule has 1 aliphatic heterocycles. The zero-order valence-corrected chi connectivity index (χ0v) is 12.9. The maximum absolute atomic E-state index is 12.1. The Morgan fingerprint density at radius 2 is 2.19 bits per heavy atom. The van der Waals surface area contributed by atoms with Crippen molar-refractivity contribution >= 4 is 29.1 Å². The molecule has 1 N–H and O–H groups in total. The van der Waals surface area contributed by atoms with Gasteiger partial charge in [-0.15, -0.1) is 0 Å². The predicted molar refractivity (Wildman–Crippen MR) is 85.6 cm³/mol. The molecule has 0 radical (unpaired) electrons. The Kier molecular flexibility index (Phi) is 5.10. The van der Waals surface area contributed by atoms with Gasteiger partial charge in [-0.2, -0.15) is 0 Å². The van der Waals surface area contributed by atoms with Crippen LogP contribution in [-0.4, -0.2) is 12.5 Å². The molecule has 110 valence electrons. The molecule has 3 nitrogen and oxygen atoms in total. The number of benzene rings is 1. The second-order valence-electron chi connectivity index (χ2n) is 4.56. The molecular formula is C16H15Cl2NO2. The van der Waals surface area contributed by atoms with Crippen LogP contribution < -0.4 is 10.1 Å². The first-order chi connectivity index (χ1) is 10.0. The van der Waals surface area contributed by atoms with E-state index < -0.39 is 0 Å². The van der Waals surface area contributed by atoms with Crippen LogP contribution in [0.2, 0.25) is 0 Å². The largest absolute Gasteiger partial charge is 0.493 e. The monoisotopic (exact) mass is 323 g/mol. The first kappa shape index (κ1) is 15.7. The van der Waals surface area contributed by atoms with Crippen molar-refractivity contribution in [3.8, 4) is 5.75 Å². The van der Waals surface area contributed by atoms with Crippen molar-refractivity contribution in [1.82, 2.24) is 5.32 Å². The van der Waals surface area contributed by atoms with Crippen molar-refractivity contribution in [1.29, 1.82) is 0 Å². The number of rotatable bonds is 5. The molecule has 1 aromatic carbocycles. The molecule has 0 saturated carbocycles. The summed E-state index contributed by atoms with van der Waals surface area (Å²) in [4.78, 5) is 12.1. The van der Waals surface area contributed by atoms with E-state index >= 15 is 0 Å². The van der Waals surface area contributed by atoms with E-state index in [1.165, 1.54) is 6.08 Å². The molecular weight excluding hydrogens is 309 g/mol. The van der Waals surface area contributed by atoms with E-state index in [0.29, 0.717) is 13.2 Å². The van der Waals surface area contributed by atoms with Gasteiger partial charge in [0.15, 0.2) is 0 Å². The van der Waals surface area contributed by atoms with Gasteiger partial charge in [0.1, 0.15) is 5.75 Å². The number of hydrogen-bond acceptors (Lipinski definition) is 2. The third kappa shape index (κ3) is 3.69. The number of allylic oxidation sites excluding steroid dienone is 2. The Balaban J connectivity index is 2.07. The minimum Gasteiger partial charge on any atom is -0.493 e. The molecule has 5 heteroatoms. The van der Waals surface area contributed by atoms with Crippen LogP contribution in [-0.2, 0) is 17.8 Å². The van der Waals surface area contributed by atoms with Crippen molar-refractivity contribution in [3.05, 3.63) is 64.2 Å². The van der Waals surface area contributed by atoms with Crippen molar-refractivity contribution < 1.29 is 9.53 Å². The zero-order chi connectivity index (χ0) is 15.4. The van der Waals surface area contributed by atoms with Gasteiger partial charge < -0.3 is 10.1 Å². The average molecular weight is 324 g/mol. The zero-order valence-electron chi connectivity index (χ0n) is 11.4. The van der Waals surface area contributed by atoms with Crippen LogP contribution in [0, 0.1) is 0 Å². The molecule has 0 bridgehead atoms. The number of carbonyl (C=O) groups excluding carboxylic acids is 1. The number of halogens is 2. The van der Waals surface area contributed by atoms with Gasteiger partial charge in [0.2, 0.25) is 0 Å². The average Bonchev–Trinajstić information content (AvgIpc) is 2.92. The van der Waals surface area contributed by atoms with Crippen LogP contribution >= 0.6 is 23.2 Å². The number of carbonyl (C=O) groups is 1. The lowest BCUT2D eigenvalue weighted by Gasteiger charge is -2.09. The summed E-state index contributed by atoms with van der Waals surface area (Å²) < 4.78 is 5.44. The molecule has 0 saturated heterocycles. The standard InChI is InChI=1S/C16H15Cl2NO2/c1-3-13(18)15(10(2)17)16(20)19-9-11-4-5-14-12(8-11)6-7-21-14/h3-5,8H,1-2,6-7,9H2,(H,19,20)/b15-13-. The second-order valence-corrected chi connectivity index (χ2v) is 5.42. The fourth-order valence-electron chi connectivity index (χ4n) is 2.08. The van der Waals surface area contributed by atoms with Gasteiger partial charge in [0, 0.05) is 18.0 Å². The van der Waals surface area contributed by atoms with E-state index in [-0.39, 0.29) is 21.5 Å². The van der Waals surface area contributed by atoms with Gasteiger partial charge in [-0.05, 0) is 23.3 Å². The second kappa shape index (κ2) is 6.83. The van der Waals surface area contributed by atoms with Crippen molar-refractivity contribution in [2.45, 2.75) is 13.0 Å². The lowest BCUT2D eigenvalue weighted by Crippen LogP contribution is -2.25. The molecule has 1 aromatic rings. The van der Waals surface area contributed by atoms with Crippen LogP contribution in [0.1, 0.15) is 11.1 Å². The lowest BCUT2D eigenvalue weighted by atomic mass is 10.1. The molecule has 21 heavy (non-hydrogen) atoms. The normalized spacial score (nSPS) is 13.8. The summed E-state index contributed by atoms with van der Waals surface area (Å²) in [6, 6.07) is 5.85. The highest BCUT2D eigenvalue weighted by atomic mass is 35.5. The first-order valence-electron chi connectivity index (χ1n) is 6.42. The summed E-state index contributed by atoms with van der Waals surface area (Å²) in [5.41, 5.74) is 2.28. The molecule has 0 unspecified atom stereocenters. The summed E-state index contributed by atoms with van der Waals surface area (Å²) in [7, 11) is 0. The van der Waals surface area contributed by atoms with Gasteiger partial charge >= 0.3 is 0 Å². The minimum absolute atomic E-state index is 0.0831. The Labute approximate surface area is 133 Å². The van der Waals surface area contributed by atoms with E-state index in [1.807, 2.05) is 18.2 Å². The molecule has 1 heterocycles. The highest BCUT2D eigenvalue weighted by molar-refractivity contribution is 6.40. The molecule has 0 spiro atoms. The molecule has 0 aliphatic carbocycles. The summed E-state index contributed by atoms with van der Waals surface area (Å²) in [6.45, 7) is 8.15.